The molecular formula is C23H26N4O4. The largest absolute Gasteiger partial charge is 0.495 e. The van der Waals surface area contributed by atoms with Crippen LogP contribution in [0.5, 0.6) is 5.75 Å². The lowest BCUT2D eigenvalue weighted by atomic mass is 10.1. The molecule has 1 amide bonds. The molecule has 0 unspecified atom stereocenters. The summed E-state index contributed by atoms with van der Waals surface area (Å²) in [5, 5.41) is 7.32. The van der Waals surface area contributed by atoms with Gasteiger partial charge < -0.3 is 24.2 Å². The molecule has 1 aliphatic rings. The molecule has 0 radical (unpaired) electrons. The minimum absolute atomic E-state index is 0.0235. The molecule has 8 nitrogen and oxygen atoms in total. The van der Waals surface area contributed by atoms with Gasteiger partial charge in [-0.3, -0.25) is 4.79 Å². The number of aryl methyl sites for hydroxylation is 1. The normalized spacial score (nSPS) is 13.8. The van der Waals surface area contributed by atoms with Gasteiger partial charge in [-0.1, -0.05) is 36.3 Å². The smallest absolute Gasteiger partial charge is 0.254 e. The van der Waals surface area contributed by atoms with Crippen molar-refractivity contribution < 1.29 is 18.8 Å². The van der Waals surface area contributed by atoms with Crippen LogP contribution in [0, 0.1) is 0 Å². The van der Waals surface area contributed by atoms with Gasteiger partial charge in [-0.05, 0) is 30.2 Å². The molecular weight excluding hydrogens is 396 g/mol. The maximum Gasteiger partial charge on any atom is 0.254 e. The molecule has 1 aliphatic heterocycles. The van der Waals surface area contributed by atoms with Gasteiger partial charge in [0, 0.05) is 24.2 Å². The molecule has 31 heavy (non-hydrogen) atoms. The van der Waals surface area contributed by atoms with E-state index in [0.717, 1.165) is 12.0 Å². The molecule has 1 N–H and O–H groups in total. The number of carbonyl (C=O) groups excluding carboxylic acids is 1. The summed E-state index contributed by atoms with van der Waals surface area (Å²) in [6.45, 7) is 4.74. The SMILES string of the molecule is CCc1ccc(-c2noc(CNc3cc(C(=O)N4CCOCC4)ccc3OC)n2)cc1. The van der Waals surface area contributed by atoms with Crippen LogP contribution >= 0.6 is 0 Å². The molecule has 1 fully saturated rings. The van der Waals surface area contributed by atoms with Crippen molar-refractivity contribution in [2.24, 2.45) is 0 Å². The fourth-order valence-corrected chi connectivity index (χ4v) is 3.43. The number of carbonyl (C=O) groups is 1. The molecule has 2 aromatic carbocycles. The number of anilines is 1. The predicted octanol–water partition coefficient (Wildman–Crippen LogP) is 3.39. The van der Waals surface area contributed by atoms with Crippen LogP contribution in [0.1, 0.15) is 28.7 Å². The van der Waals surface area contributed by atoms with Gasteiger partial charge in [0.15, 0.2) is 0 Å². The third-order valence-corrected chi connectivity index (χ3v) is 5.26. The summed E-state index contributed by atoms with van der Waals surface area (Å²) >= 11 is 0. The monoisotopic (exact) mass is 422 g/mol. The number of methoxy groups -OCH3 is 1. The lowest BCUT2D eigenvalue weighted by Crippen LogP contribution is -2.40. The van der Waals surface area contributed by atoms with Crippen molar-refractivity contribution in [2.75, 3.05) is 38.7 Å². The Kier molecular flexibility index (Phi) is 6.47. The fourth-order valence-electron chi connectivity index (χ4n) is 3.43. The Morgan fingerprint density at radius 1 is 1.16 bits per heavy atom. The number of morpholine rings is 1. The van der Waals surface area contributed by atoms with E-state index in [1.165, 1.54) is 5.56 Å². The molecule has 0 saturated carbocycles. The zero-order chi connectivity index (χ0) is 21.6. The van der Waals surface area contributed by atoms with Crippen LogP contribution in [0.3, 0.4) is 0 Å². The van der Waals surface area contributed by atoms with Crippen molar-refractivity contribution >= 4 is 11.6 Å². The summed E-state index contributed by atoms with van der Waals surface area (Å²) in [5.74, 6) is 1.60. The van der Waals surface area contributed by atoms with E-state index < -0.39 is 0 Å². The highest BCUT2D eigenvalue weighted by atomic mass is 16.5. The quantitative estimate of drug-likeness (QED) is 0.624. The number of nitrogens with one attached hydrogen (secondary N) is 1. The van der Waals surface area contributed by atoms with Crippen molar-refractivity contribution in [3.05, 3.63) is 59.5 Å². The third-order valence-electron chi connectivity index (χ3n) is 5.26. The second-order valence-corrected chi connectivity index (χ2v) is 7.24. The Morgan fingerprint density at radius 2 is 1.94 bits per heavy atom. The van der Waals surface area contributed by atoms with Gasteiger partial charge in [-0.25, -0.2) is 0 Å². The highest BCUT2D eigenvalue weighted by molar-refractivity contribution is 5.95. The van der Waals surface area contributed by atoms with Crippen LogP contribution in [0.25, 0.3) is 11.4 Å². The van der Waals surface area contributed by atoms with E-state index >= 15 is 0 Å². The molecule has 162 valence electrons. The van der Waals surface area contributed by atoms with Gasteiger partial charge >= 0.3 is 0 Å². The van der Waals surface area contributed by atoms with Crippen molar-refractivity contribution in [1.82, 2.24) is 15.0 Å². The second kappa shape index (κ2) is 9.61. The number of amides is 1. The number of rotatable bonds is 7. The topological polar surface area (TPSA) is 89.7 Å². The number of benzene rings is 2. The number of nitrogens with zero attached hydrogens (tertiary/aromatic N) is 3. The molecule has 2 heterocycles. The second-order valence-electron chi connectivity index (χ2n) is 7.24. The van der Waals surface area contributed by atoms with Crippen LogP contribution < -0.4 is 10.1 Å². The fraction of sp³-hybridized carbons (Fsp3) is 0.348. The maximum absolute atomic E-state index is 12.8. The molecule has 1 saturated heterocycles. The maximum atomic E-state index is 12.8. The number of aromatic nitrogens is 2. The van der Waals surface area contributed by atoms with Gasteiger partial charge in [0.2, 0.25) is 11.7 Å². The third kappa shape index (κ3) is 4.86. The van der Waals surface area contributed by atoms with Gasteiger partial charge in [-0.15, -0.1) is 0 Å². The summed E-state index contributed by atoms with van der Waals surface area (Å²) in [6.07, 6.45) is 0.983. The van der Waals surface area contributed by atoms with Gasteiger partial charge in [0.1, 0.15) is 5.75 Å². The van der Waals surface area contributed by atoms with E-state index in [1.54, 1.807) is 30.2 Å². The zero-order valence-corrected chi connectivity index (χ0v) is 17.8. The van der Waals surface area contributed by atoms with Crippen LogP contribution in [-0.2, 0) is 17.7 Å². The Hall–Kier alpha value is -3.39. The first-order valence-electron chi connectivity index (χ1n) is 10.4. The summed E-state index contributed by atoms with van der Waals surface area (Å²) in [7, 11) is 1.59. The summed E-state index contributed by atoms with van der Waals surface area (Å²) in [6, 6.07) is 13.4. The van der Waals surface area contributed by atoms with E-state index in [0.29, 0.717) is 61.6 Å². The summed E-state index contributed by atoms with van der Waals surface area (Å²) < 4.78 is 16.2. The minimum Gasteiger partial charge on any atom is -0.495 e. The van der Waals surface area contributed by atoms with Gasteiger partial charge in [0.25, 0.3) is 5.91 Å². The summed E-state index contributed by atoms with van der Waals surface area (Å²) in [4.78, 5) is 19.1. The van der Waals surface area contributed by atoms with Crippen LogP contribution in [-0.4, -0.2) is 54.4 Å². The zero-order valence-electron chi connectivity index (χ0n) is 17.8. The Morgan fingerprint density at radius 3 is 2.65 bits per heavy atom. The predicted molar refractivity (Wildman–Crippen MR) is 116 cm³/mol. The van der Waals surface area contributed by atoms with E-state index in [4.69, 9.17) is 14.0 Å². The molecule has 3 aromatic rings. The highest BCUT2D eigenvalue weighted by Crippen LogP contribution is 2.27. The number of ether oxygens (including phenoxy) is 2. The van der Waals surface area contributed by atoms with E-state index in [2.05, 4.69) is 34.5 Å². The average molecular weight is 422 g/mol. The number of hydrogen-bond donors (Lipinski definition) is 1. The summed E-state index contributed by atoms with van der Waals surface area (Å²) in [5.41, 5.74) is 3.44. The molecule has 0 spiro atoms. The van der Waals surface area contributed by atoms with Crippen LogP contribution in [0.15, 0.2) is 47.0 Å². The number of hydrogen-bond acceptors (Lipinski definition) is 7. The van der Waals surface area contributed by atoms with E-state index in [1.807, 2.05) is 12.1 Å². The van der Waals surface area contributed by atoms with Crippen LogP contribution in [0.2, 0.25) is 0 Å². The lowest BCUT2D eigenvalue weighted by molar-refractivity contribution is 0.0303. The Balaban J connectivity index is 1.46. The van der Waals surface area contributed by atoms with E-state index in [-0.39, 0.29) is 5.91 Å². The van der Waals surface area contributed by atoms with Crippen LogP contribution in [0.4, 0.5) is 5.69 Å². The Bertz CT molecular complexity index is 1030. The molecule has 0 atom stereocenters. The molecule has 0 aliphatic carbocycles. The first-order chi connectivity index (χ1) is 15.2. The van der Waals surface area contributed by atoms with Gasteiger partial charge in [-0.2, -0.15) is 4.98 Å². The van der Waals surface area contributed by atoms with Crippen molar-refractivity contribution in [3.63, 3.8) is 0 Å². The molecule has 8 heteroatoms. The minimum atomic E-state index is -0.0235. The van der Waals surface area contributed by atoms with E-state index in [9.17, 15) is 4.79 Å². The molecule has 0 bridgehead atoms. The first-order valence-corrected chi connectivity index (χ1v) is 10.4. The first kappa shape index (κ1) is 20.9. The van der Waals surface area contributed by atoms with Crippen molar-refractivity contribution in [2.45, 2.75) is 19.9 Å². The molecule has 1 aromatic heterocycles. The highest BCUT2D eigenvalue weighted by Gasteiger charge is 2.20. The van der Waals surface area contributed by atoms with Crippen molar-refractivity contribution in [3.8, 4) is 17.1 Å². The van der Waals surface area contributed by atoms with Crippen molar-refractivity contribution in [1.29, 1.82) is 0 Å². The lowest BCUT2D eigenvalue weighted by Gasteiger charge is -2.27. The average Bonchev–Trinajstić information content (AvgIpc) is 3.31. The van der Waals surface area contributed by atoms with Gasteiger partial charge in [0.05, 0.1) is 32.6 Å². The Labute approximate surface area is 181 Å². The standard InChI is InChI=1S/C23H26N4O4/c1-3-16-4-6-17(7-5-16)22-25-21(31-26-22)15-24-19-14-18(8-9-20(19)29-2)23(28)27-10-12-30-13-11-27/h4-9,14,24H,3,10-13,15H2,1-2H3. The molecule has 4 rings (SSSR count).